The lowest BCUT2D eigenvalue weighted by molar-refractivity contribution is 0.106. The van der Waals surface area contributed by atoms with Gasteiger partial charge in [-0.15, -0.1) is 5.10 Å². The van der Waals surface area contributed by atoms with Crippen molar-refractivity contribution in [2.45, 2.75) is 5.16 Å². The van der Waals surface area contributed by atoms with Crippen molar-refractivity contribution in [1.29, 1.82) is 0 Å². The Morgan fingerprint density at radius 1 is 0.862 bits per heavy atom. The molecule has 1 aromatic heterocycles. The van der Waals surface area contributed by atoms with Crippen LogP contribution in [0.2, 0.25) is 0 Å². The number of hydrazone groups is 1. The highest BCUT2D eigenvalue weighted by Crippen LogP contribution is 2.22. The third-order valence-electron chi connectivity index (χ3n) is 3.92. The molecule has 7 nitrogen and oxygen atoms in total. The first-order valence-corrected chi connectivity index (χ1v) is 9.63. The number of carbonyl (C=O) groups excluding carboxylic acids is 1. The van der Waals surface area contributed by atoms with Gasteiger partial charge >= 0.3 is 0 Å². The minimum Gasteiger partial charge on any atom is -0.286 e. The number of rotatable bonds is 6. The summed E-state index contributed by atoms with van der Waals surface area (Å²) in [6.07, 6.45) is 0. The van der Waals surface area contributed by atoms with Crippen LogP contribution in [0.5, 0.6) is 0 Å². The summed E-state index contributed by atoms with van der Waals surface area (Å²) >= 11 is 1.10. The molecule has 0 unspecified atom stereocenters. The Balaban J connectivity index is 1.66. The number of para-hydroxylation sites is 2. The van der Waals surface area contributed by atoms with Gasteiger partial charge in [-0.3, -0.25) is 10.2 Å². The summed E-state index contributed by atoms with van der Waals surface area (Å²) in [4.78, 5) is 13.1. The van der Waals surface area contributed by atoms with Gasteiger partial charge in [-0.05, 0) is 46.5 Å². The van der Waals surface area contributed by atoms with E-state index in [0.29, 0.717) is 10.7 Å². The topological polar surface area (TPSA) is 85.1 Å². The van der Waals surface area contributed by atoms with Crippen molar-refractivity contribution in [3.8, 4) is 5.69 Å². The van der Waals surface area contributed by atoms with E-state index in [2.05, 4.69) is 26.1 Å². The number of anilines is 1. The number of nitrogens with zero attached hydrogens (tertiary/aromatic N) is 5. The molecule has 29 heavy (non-hydrogen) atoms. The summed E-state index contributed by atoms with van der Waals surface area (Å²) in [6, 6.07) is 27.9. The summed E-state index contributed by atoms with van der Waals surface area (Å²) in [5, 5.41) is 16.9. The Labute approximate surface area is 171 Å². The fraction of sp³-hybridized carbons (Fsp3) is 0. The van der Waals surface area contributed by atoms with E-state index in [1.807, 2.05) is 78.9 Å². The van der Waals surface area contributed by atoms with E-state index in [-0.39, 0.29) is 10.8 Å². The van der Waals surface area contributed by atoms with Gasteiger partial charge in [0.1, 0.15) is 0 Å². The third-order valence-corrected chi connectivity index (χ3v) is 4.83. The molecule has 0 amide bonds. The first kappa shape index (κ1) is 18.6. The number of benzene rings is 3. The Morgan fingerprint density at radius 2 is 1.48 bits per heavy atom. The van der Waals surface area contributed by atoms with Crippen molar-refractivity contribution >= 4 is 28.3 Å². The van der Waals surface area contributed by atoms with Crippen molar-refractivity contribution in [1.82, 2.24) is 20.2 Å². The first-order chi connectivity index (χ1) is 14.3. The lowest BCUT2D eigenvalue weighted by atomic mass is 10.1. The molecule has 3 aromatic carbocycles. The zero-order valence-corrected chi connectivity index (χ0v) is 16.0. The van der Waals surface area contributed by atoms with Crippen molar-refractivity contribution in [3.05, 3.63) is 96.6 Å². The van der Waals surface area contributed by atoms with Gasteiger partial charge < -0.3 is 0 Å². The second kappa shape index (κ2) is 8.94. The van der Waals surface area contributed by atoms with Gasteiger partial charge in [-0.25, -0.2) is 0 Å². The number of nitrogens with one attached hydrogen (secondary N) is 1. The lowest BCUT2D eigenvalue weighted by Crippen LogP contribution is -2.14. The molecule has 0 bridgehead atoms. The minimum atomic E-state index is -0.221. The Hall–Kier alpha value is -3.78. The van der Waals surface area contributed by atoms with Crippen LogP contribution in [0.3, 0.4) is 0 Å². The van der Waals surface area contributed by atoms with Crippen LogP contribution < -0.4 is 5.43 Å². The second-order valence-electron chi connectivity index (χ2n) is 5.90. The number of thioether (sulfide) groups is 1. The number of tetrazole rings is 1. The summed E-state index contributed by atoms with van der Waals surface area (Å²) in [5.41, 5.74) is 5.04. The van der Waals surface area contributed by atoms with Gasteiger partial charge in [-0.1, -0.05) is 66.7 Å². The SMILES string of the molecule is O=C(/C(=N/Nc1ccccc1)Sc1nnnn1-c1ccccc1)c1ccccc1. The zero-order chi connectivity index (χ0) is 19.9. The van der Waals surface area contributed by atoms with E-state index >= 15 is 0 Å². The highest BCUT2D eigenvalue weighted by molar-refractivity contribution is 8.15. The molecule has 0 aliphatic heterocycles. The van der Waals surface area contributed by atoms with Crippen LogP contribution in [0.4, 0.5) is 5.69 Å². The van der Waals surface area contributed by atoms with Crippen molar-refractivity contribution in [2.24, 2.45) is 5.10 Å². The highest BCUT2D eigenvalue weighted by atomic mass is 32.2. The largest absolute Gasteiger partial charge is 0.286 e. The Kier molecular flexibility index (Phi) is 5.73. The smallest absolute Gasteiger partial charge is 0.220 e. The first-order valence-electron chi connectivity index (χ1n) is 8.81. The molecule has 0 aliphatic carbocycles. The monoisotopic (exact) mass is 400 g/mol. The van der Waals surface area contributed by atoms with Gasteiger partial charge in [0.15, 0.2) is 5.04 Å². The van der Waals surface area contributed by atoms with Gasteiger partial charge in [0.25, 0.3) is 0 Å². The summed E-state index contributed by atoms with van der Waals surface area (Å²) in [6.45, 7) is 0. The lowest BCUT2D eigenvalue weighted by Gasteiger charge is -2.07. The predicted molar refractivity (Wildman–Crippen MR) is 113 cm³/mol. The summed E-state index contributed by atoms with van der Waals surface area (Å²) in [7, 11) is 0. The number of carbonyl (C=O) groups is 1. The highest BCUT2D eigenvalue weighted by Gasteiger charge is 2.20. The molecule has 142 valence electrons. The van der Waals surface area contributed by atoms with Crippen molar-refractivity contribution < 1.29 is 4.79 Å². The van der Waals surface area contributed by atoms with E-state index < -0.39 is 0 Å². The van der Waals surface area contributed by atoms with Crippen LogP contribution in [0, 0.1) is 0 Å². The number of hydrogen-bond donors (Lipinski definition) is 1. The maximum absolute atomic E-state index is 13.1. The Morgan fingerprint density at radius 3 is 2.17 bits per heavy atom. The zero-order valence-electron chi connectivity index (χ0n) is 15.2. The molecule has 8 heteroatoms. The number of Topliss-reactive ketones (excluding diaryl/α,β-unsaturated/α-hetero) is 1. The number of ketones is 1. The van der Waals surface area contributed by atoms with Crippen LogP contribution in [-0.2, 0) is 0 Å². The van der Waals surface area contributed by atoms with Crippen molar-refractivity contribution in [3.63, 3.8) is 0 Å². The van der Waals surface area contributed by atoms with E-state index in [1.54, 1.807) is 16.8 Å². The van der Waals surface area contributed by atoms with E-state index in [1.165, 1.54) is 0 Å². The average molecular weight is 400 g/mol. The van der Waals surface area contributed by atoms with Crippen molar-refractivity contribution in [2.75, 3.05) is 5.43 Å². The molecule has 0 atom stereocenters. The van der Waals surface area contributed by atoms with Crippen LogP contribution in [0.25, 0.3) is 5.69 Å². The fourth-order valence-corrected chi connectivity index (χ4v) is 3.30. The van der Waals surface area contributed by atoms with Crippen LogP contribution in [0.1, 0.15) is 10.4 Å². The maximum atomic E-state index is 13.1. The standard InChI is InChI=1S/C21H16N6OS/c28-19(16-10-4-1-5-11-16)20(23-22-17-12-6-2-7-13-17)29-21-24-25-26-27(21)18-14-8-3-9-15-18/h1-15,22H/b23-20-. The Bertz CT molecular complexity index is 1110. The molecule has 4 aromatic rings. The molecule has 0 radical (unpaired) electrons. The molecule has 0 spiro atoms. The molecule has 4 rings (SSSR count). The normalized spacial score (nSPS) is 11.2. The molecular weight excluding hydrogens is 384 g/mol. The van der Waals surface area contributed by atoms with E-state index in [9.17, 15) is 4.79 Å². The number of aromatic nitrogens is 4. The van der Waals surface area contributed by atoms with Crippen LogP contribution >= 0.6 is 11.8 Å². The predicted octanol–water partition coefficient (Wildman–Crippen LogP) is 4.06. The molecule has 0 saturated carbocycles. The van der Waals surface area contributed by atoms with Gasteiger partial charge in [0.05, 0.1) is 11.4 Å². The molecule has 1 N–H and O–H groups in total. The average Bonchev–Trinajstić information content (AvgIpc) is 3.26. The summed E-state index contributed by atoms with van der Waals surface area (Å²) < 4.78 is 1.57. The minimum absolute atomic E-state index is 0.221. The molecular formula is C21H16N6OS. The molecule has 0 aliphatic rings. The third kappa shape index (κ3) is 4.56. The molecule has 0 fully saturated rings. The van der Waals surface area contributed by atoms with Crippen LogP contribution in [-0.4, -0.2) is 31.0 Å². The molecule has 1 heterocycles. The second-order valence-corrected chi connectivity index (χ2v) is 6.86. The number of hydrogen-bond acceptors (Lipinski definition) is 7. The quantitative estimate of drug-likeness (QED) is 0.173. The van der Waals surface area contributed by atoms with Gasteiger partial charge in [-0.2, -0.15) is 9.78 Å². The fourth-order valence-electron chi connectivity index (χ4n) is 2.52. The van der Waals surface area contributed by atoms with Crippen LogP contribution in [0.15, 0.2) is 101 Å². The molecule has 0 saturated heterocycles. The van der Waals surface area contributed by atoms with Gasteiger partial charge in [0.2, 0.25) is 10.9 Å². The van der Waals surface area contributed by atoms with Gasteiger partial charge in [0, 0.05) is 5.56 Å². The maximum Gasteiger partial charge on any atom is 0.220 e. The summed E-state index contributed by atoms with van der Waals surface area (Å²) in [5.74, 6) is -0.221. The van der Waals surface area contributed by atoms with E-state index in [4.69, 9.17) is 0 Å². The van der Waals surface area contributed by atoms with E-state index in [0.717, 1.165) is 23.1 Å².